The summed E-state index contributed by atoms with van der Waals surface area (Å²) in [7, 11) is -5.26. The highest BCUT2D eigenvalue weighted by Crippen LogP contribution is 2.28. The van der Waals surface area contributed by atoms with E-state index in [2.05, 4.69) is 4.18 Å². The zero-order chi connectivity index (χ0) is 21.8. The molecule has 9 atom stereocenters. The van der Waals surface area contributed by atoms with Crippen LogP contribution >= 0.6 is 0 Å². The van der Waals surface area contributed by atoms with Crippen LogP contribution in [0.4, 0.5) is 0 Å². The Morgan fingerprint density at radius 2 is 1.68 bits per heavy atom. The first kappa shape index (κ1) is 25.0. The van der Waals surface area contributed by atoms with Crippen LogP contribution in [0, 0.1) is 0 Å². The van der Waals surface area contributed by atoms with E-state index >= 15 is 0 Å². The third-order valence-corrected chi connectivity index (χ3v) is 4.29. The molecule has 0 unspecified atom stereocenters. The second-order valence-electron chi connectivity index (χ2n) is 5.82. The van der Waals surface area contributed by atoms with Crippen LogP contribution in [0.5, 0.6) is 0 Å². The highest BCUT2D eigenvalue weighted by molar-refractivity contribution is 7.80. The first-order chi connectivity index (χ1) is 12.8. The van der Waals surface area contributed by atoms with E-state index in [-0.39, 0.29) is 0 Å². The quantitative estimate of drug-likeness (QED) is 0.144. The van der Waals surface area contributed by atoms with Gasteiger partial charge in [-0.3, -0.25) is 4.55 Å². The molecule has 1 rings (SSSR count). The minimum Gasteiger partial charge on any atom is -0.479 e. The average Bonchev–Trinajstić information content (AvgIpc) is 2.62. The van der Waals surface area contributed by atoms with Crippen LogP contribution in [0.15, 0.2) is 0 Å². The Labute approximate surface area is 157 Å². The normalized spacial score (nSPS) is 33.1. The Balaban J connectivity index is 3.20. The van der Waals surface area contributed by atoms with Crippen molar-refractivity contribution in [1.82, 2.24) is 0 Å². The van der Waals surface area contributed by atoms with Gasteiger partial charge in [0, 0.05) is 0 Å². The molecule has 0 aliphatic carbocycles. The maximum atomic E-state index is 11.0. The van der Waals surface area contributed by atoms with Crippen molar-refractivity contribution >= 4 is 16.4 Å². The maximum absolute atomic E-state index is 11.0. The van der Waals surface area contributed by atoms with Crippen molar-refractivity contribution in [2.24, 2.45) is 0 Å². The zero-order valence-electron chi connectivity index (χ0n) is 14.0. The predicted octanol–water partition coefficient (Wildman–Crippen LogP) is -5.84. The predicted molar refractivity (Wildman–Crippen MR) is 81.8 cm³/mol. The Hall–Kier alpha value is -1.02. The van der Waals surface area contributed by atoms with Crippen LogP contribution in [0.3, 0.4) is 0 Å². The molecular weight excluding hydrogens is 416 g/mol. The van der Waals surface area contributed by atoms with Gasteiger partial charge >= 0.3 is 16.4 Å². The molecule has 0 radical (unpaired) electrons. The third-order valence-electron chi connectivity index (χ3n) is 3.83. The van der Waals surface area contributed by atoms with E-state index < -0.39 is 84.7 Å². The van der Waals surface area contributed by atoms with Gasteiger partial charge in [0.25, 0.3) is 0 Å². The van der Waals surface area contributed by atoms with Gasteiger partial charge in [0.1, 0.15) is 36.6 Å². The molecule has 0 bridgehead atoms. The van der Waals surface area contributed by atoms with Crippen LogP contribution in [0.25, 0.3) is 0 Å². The smallest absolute Gasteiger partial charge is 0.397 e. The molecule has 0 spiro atoms. The van der Waals surface area contributed by atoms with Crippen LogP contribution < -0.4 is 0 Å². The number of carboxylic acid groups (broad SMARTS) is 1. The van der Waals surface area contributed by atoms with E-state index in [0.717, 1.165) is 0 Å². The van der Waals surface area contributed by atoms with Crippen LogP contribution in [0.2, 0.25) is 0 Å². The standard InChI is InChI=1S/C12H22O15S/c13-1-3(15)9(7(18)8(19)11(20)21)26-12-10(27-28(22,23)24)6(17)5(16)4(2-14)25-12/h3-10,12-19H,1-2H2,(H,20,21)(H,22,23,24)/t3-,4-,5+,6+,7-,8-,9-,10-,12+/m1/s1. The summed E-state index contributed by atoms with van der Waals surface area (Å²) in [6.07, 6.45) is -19.1. The monoisotopic (exact) mass is 438 g/mol. The molecule has 0 aromatic rings. The Morgan fingerprint density at radius 3 is 2.11 bits per heavy atom. The number of hydrogen-bond acceptors (Lipinski definition) is 13. The fraction of sp³-hybridized carbons (Fsp3) is 0.917. The van der Waals surface area contributed by atoms with Crippen molar-refractivity contribution in [2.45, 2.75) is 55.1 Å². The summed E-state index contributed by atoms with van der Waals surface area (Å²) in [6.45, 7) is -2.05. The SMILES string of the molecule is O=C(O)[C@H](O)[C@@H](O)[C@H](O[C@@H]1O[C@H](CO)[C@H](O)[C@H](O)[C@H]1OS(=O)(=O)O)[C@H](O)CO. The van der Waals surface area contributed by atoms with Crippen molar-refractivity contribution in [1.29, 1.82) is 0 Å². The number of rotatable bonds is 10. The molecule has 9 N–H and O–H groups in total. The van der Waals surface area contributed by atoms with E-state index in [1.165, 1.54) is 0 Å². The lowest BCUT2D eigenvalue weighted by Gasteiger charge is -2.43. The molecule has 0 aromatic carbocycles. The summed E-state index contributed by atoms with van der Waals surface area (Å²) >= 11 is 0. The Kier molecular flexibility index (Phi) is 9.06. The van der Waals surface area contributed by atoms with Crippen molar-refractivity contribution in [3.8, 4) is 0 Å². The average molecular weight is 438 g/mol. The number of carboxylic acids is 1. The summed E-state index contributed by atoms with van der Waals surface area (Å²) in [5.41, 5.74) is 0. The van der Waals surface area contributed by atoms with E-state index in [9.17, 15) is 38.7 Å². The van der Waals surface area contributed by atoms with Gasteiger partial charge in [-0.05, 0) is 0 Å². The van der Waals surface area contributed by atoms with Gasteiger partial charge in [0.05, 0.1) is 13.2 Å². The van der Waals surface area contributed by atoms with Crippen LogP contribution in [0.1, 0.15) is 0 Å². The zero-order valence-corrected chi connectivity index (χ0v) is 14.8. The molecule has 0 amide bonds. The number of ether oxygens (including phenoxy) is 2. The maximum Gasteiger partial charge on any atom is 0.397 e. The summed E-state index contributed by atoms with van der Waals surface area (Å²) in [5.74, 6) is -1.94. The van der Waals surface area contributed by atoms with Crippen molar-refractivity contribution in [2.75, 3.05) is 13.2 Å². The molecular formula is C12H22O15S. The van der Waals surface area contributed by atoms with Gasteiger partial charge in [0.2, 0.25) is 0 Å². The second-order valence-corrected chi connectivity index (χ2v) is 6.87. The topological polar surface area (TPSA) is 261 Å². The minimum atomic E-state index is -5.26. The van der Waals surface area contributed by atoms with Gasteiger partial charge < -0.3 is 50.3 Å². The number of aliphatic carboxylic acids is 1. The summed E-state index contributed by atoms with van der Waals surface area (Å²) in [5, 5.41) is 75.8. The molecule has 166 valence electrons. The summed E-state index contributed by atoms with van der Waals surface area (Å²) in [4.78, 5) is 10.8. The van der Waals surface area contributed by atoms with E-state index in [1.807, 2.05) is 0 Å². The number of carbonyl (C=O) groups is 1. The lowest BCUT2D eigenvalue weighted by atomic mass is 9.98. The molecule has 15 nitrogen and oxygen atoms in total. The molecule has 0 saturated carbocycles. The Bertz CT molecular complexity index is 610. The number of aliphatic hydroxyl groups excluding tert-OH is 7. The number of hydrogen-bond donors (Lipinski definition) is 9. The van der Waals surface area contributed by atoms with Crippen molar-refractivity contribution < 1.29 is 72.3 Å². The molecule has 28 heavy (non-hydrogen) atoms. The third kappa shape index (κ3) is 6.24. The van der Waals surface area contributed by atoms with Crippen LogP contribution in [-0.2, 0) is 28.9 Å². The summed E-state index contributed by atoms with van der Waals surface area (Å²) < 4.78 is 44.9. The van der Waals surface area contributed by atoms with Gasteiger partial charge in [-0.15, -0.1) is 0 Å². The molecule has 1 heterocycles. The molecule has 16 heteroatoms. The van der Waals surface area contributed by atoms with E-state index in [4.69, 9.17) is 29.3 Å². The lowest BCUT2D eigenvalue weighted by molar-refractivity contribution is -0.322. The van der Waals surface area contributed by atoms with Crippen LogP contribution in [-0.4, -0.2) is 128 Å². The second kappa shape index (κ2) is 10.1. The van der Waals surface area contributed by atoms with E-state index in [0.29, 0.717) is 0 Å². The van der Waals surface area contributed by atoms with Gasteiger partial charge in [-0.1, -0.05) is 0 Å². The Morgan fingerprint density at radius 1 is 1.11 bits per heavy atom. The van der Waals surface area contributed by atoms with Gasteiger partial charge in [-0.25, -0.2) is 8.98 Å². The number of aliphatic hydroxyl groups is 7. The van der Waals surface area contributed by atoms with Crippen molar-refractivity contribution in [3.05, 3.63) is 0 Å². The first-order valence-corrected chi connectivity index (χ1v) is 9.02. The minimum absolute atomic E-state index is 0.926. The van der Waals surface area contributed by atoms with E-state index in [1.54, 1.807) is 0 Å². The lowest BCUT2D eigenvalue weighted by Crippen LogP contribution is -2.62. The van der Waals surface area contributed by atoms with Gasteiger partial charge in [0.15, 0.2) is 18.5 Å². The van der Waals surface area contributed by atoms with Gasteiger partial charge in [-0.2, -0.15) is 8.42 Å². The van der Waals surface area contributed by atoms with Crippen molar-refractivity contribution in [3.63, 3.8) is 0 Å². The fourth-order valence-corrected chi connectivity index (χ4v) is 2.88. The summed E-state index contributed by atoms with van der Waals surface area (Å²) in [6, 6.07) is 0. The fourth-order valence-electron chi connectivity index (χ4n) is 2.39. The molecule has 1 aliphatic heterocycles. The molecule has 1 fully saturated rings. The molecule has 0 aromatic heterocycles. The molecule has 1 aliphatic rings. The molecule has 1 saturated heterocycles. The highest BCUT2D eigenvalue weighted by Gasteiger charge is 2.50. The first-order valence-electron chi connectivity index (χ1n) is 7.65. The highest BCUT2D eigenvalue weighted by atomic mass is 32.3. The largest absolute Gasteiger partial charge is 0.479 e.